The van der Waals surface area contributed by atoms with Gasteiger partial charge in [-0.15, -0.1) is 0 Å². The number of hydrogen-bond donors (Lipinski definition) is 3. The fraction of sp³-hybridized carbons (Fsp3) is 0.833. The number of likely N-dealkylation sites (tertiary alicyclic amines) is 1. The summed E-state index contributed by atoms with van der Waals surface area (Å²) < 4.78 is 5.28. The van der Waals surface area contributed by atoms with Gasteiger partial charge < -0.3 is 25.2 Å². The van der Waals surface area contributed by atoms with Crippen molar-refractivity contribution in [3.8, 4) is 0 Å². The van der Waals surface area contributed by atoms with E-state index in [2.05, 4.69) is 12.2 Å². The number of carbonyl (C=O) groups excluding carboxylic acids is 1. The third-order valence-corrected chi connectivity index (χ3v) is 2.99. The summed E-state index contributed by atoms with van der Waals surface area (Å²) in [5.41, 5.74) is 0. The van der Waals surface area contributed by atoms with E-state index in [1.54, 1.807) is 0 Å². The van der Waals surface area contributed by atoms with Crippen LogP contribution >= 0.6 is 0 Å². The zero-order chi connectivity index (χ0) is 14.3. The van der Waals surface area contributed by atoms with Gasteiger partial charge in [-0.25, -0.2) is 9.59 Å². The van der Waals surface area contributed by atoms with Gasteiger partial charge in [0.2, 0.25) is 0 Å². The number of carbonyl (C=O) groups is 2. The molecule has 0 radical (unpaired) electrons. The van der Waals surface area contributed by atoms with E-state index in [0.29, 0.717) is 19.8 Å². The fourth-order valence-corrected chi connectivity index (χ4v) is 1.95. The number of β-amino-alcohol motifs (C(OH)–C–C–N with tert-alkyl or cyclic N) is 1. The van der Waals surface area contributed by atoms with Crippen LogP contribution in [0.2, 0.25) is 0 Å². The molecular formula is C12H22N2O5. The number of nitrogens with zero attached hydrogens (tertiary/aromatic N) is 1. The number of unbranched alkanes of at least 4 members (excludes halogenated alkanes) is 1. The van der Waals surface area contributed by atoms with Crippen LogP contribution in [-0.4, -0.2) is 65.6 Å². The van der Waals surface area contributed by atoms with E-state index in [0.717, 1.165) is 17.7 Å². The first-order valence-corrected chi connectivity index (χ1v) is 6.59. The summed E-state index contributed by atoms with van der Waals surface area (Å²) in [4.78, 5) is 23.9. The molecule has 110 valence electrons. The Morgan fingerprint density at radius 1 is 1.42 bits per heavy atom. The maximum atomic E-state index is 11.8. The number of ether oxygens (including phenoxy) is 1. The smallest absolute Gasteiger partial charge is 0.326 e. The van der Waals surface area contributed by atoms with Gasteiger partial charge in [-0.05, 0) is 6.42 Å². The van der Waals surface area contributed by atoms with E-state index in [4.69, 9.17) is 9.84 Å². The number of carboxylic acid groups (broad SMARTS) is 1. The highest BCUT2D eigenvalue weighted by molar-refractivity contribution is 5.83. The second-order valence-electron chi connectivity index (χ2n) is 4.59. The molecule has 19 heavy (non-hydrogen) atoms. The molecule has 1 rings (SSSR count). The van der Waals surface area contributed by atoms with Gasteiger partial charge in [-0.2, -0.15) is 0 Å². The summed E-state index contributed by atoms with van der Waals surface area (Å²) in [6.07, 6.45) is 1.34. The van der Waals surface area contributed by atoms with E-state index in [-0.39, 0.29) is 13.0 Å². The molecule has 1 fully saturated rings. The second kappa shape index (κ2) is 7.96. The third kappa shape index (κ3) is 5.04. The Morgan fingerprint density at radius 3 is 2.79 bits per heavy atom. The Morgan fingerprint density at radius 2 is 2.16 bits per heavy atom. The lowest BCUT2D eigenvalue weighted by molar-refractivity contribution is -0.141. The van der Waals surface area contributed by atoms with Crippen molar-refractivity contribution in [1.82, 2.24) is 10.2 Å². The minimum Gasteiger partial charge on any atom is -0.480 e. The number of amides is 2. The van der Waals surface area contributed by atoms with Crippen molar-refractivity contribution < 1.29 is 24.5 Å². The minimum absolute atomic E-state index is 0.0551. The average molecular weight is 274 g/mol. The number of nitrogens with one attached hydrogen (secondary N) is 1. The molecule has 2 amide bonds. The maximum Gasteiger partial charge on any atom is 0.326 e. The molecule has 0 aromatic rings. The fourth-order valence-electron chi connectivity index (χ4n) is 1.95. The monoisotopic (exact) mass is 274 g/mol. The zero-order valence-electron chi connectivity index (χ0n) is 11.2. The SMILES string of the molecule is CCCCOCCNC(=O)N1CC(O)CC1C(=O)O. The van der Waals surface area contributed by atoms with Crippen LogP contribution < -0.4 is 5.32 Å². The molecule has 1 aliphatic heterocycles. The van der Waals surface area contributed by atoms with Gasteiger partial charge in [0.05, 0.1) is 12.7 Å². The molecule has 0 aliphatic carbocycles. The van der Waals surface area contributed by atoms with Crippen LogP contribution in [0.5, 0.6) is 0 Å². The number of urea groups is 1. The predicted octanol–water partition coefficient (Wildman–Crippen LogP) is 0.0325. The van der Waals surface area contributed by atoms with E-state index in [1.807, 2.05) is 0 Å². The quantitative estimate of drug-likeness (QED) is 0.569. The van der Waals surface area contributed by atoms with E-state index < -0.39 is 24.1 Å². The molecule has 7 heteroatoms. The van der Waals surface area contributed by atoms with Gasteiger partial charge in [0.15, 0.2) is 0 Å². The van der Waals surface area contributed by atoms with Crippen LogP contribution in [-0.2, 0) is 9.53 Å². The summed E-state index contributed by atoms with van der Waals surface area (Å²) in [7, 11) is 0. The van der Waals surface area contributed by atoms with Crippen molar-refractivity contribution in [1.29, 1.82) is 0 Å². The average Bonchev–Trinajstić information content (AvgIpc) is 2.76. The number of carboxylic acids is 1. The van der Waals surface area contributed by atoms with E-state index in [9.17, 15) is 14.7 Å². The summed E-state index contributed by atoms with van der Waals surface area (Å²) in [6.45, 7) is 3.52. The first-order chi connectivity index (χ1) is 9.06. The van der Waals surface area contributed by atoms with E-state index >= 15 is 0 Å². The number of hydrogen-bond acceptors (Lipinski definition) is 4. The Bertz CT molecular complexity index is 310. The highest BCUT2D eigenvalue weighted by atomic mass is 16.5. The van der Waals surface area contributed by atoms with Gasteiger partial charge >= 0.3 is 12.0 Å². The molecule has 0 saturated carbocycles. The zero-order valence-corrected chi connectivity index (χ0v) is 11.2. The minimum atomic E-state index is -1.09. The molecule has 7 nitrogen and oxygen atoms in total. The summed E-state index contributed by atoms with van der Waals surface area (Å²) in [5, 5.41) is 21.0. The molecular weight excluding hydrogens is 252 g/mol. The van der Waals surface area contributed by atoms with Crippen molar-refractivity contribution in [2.45, 2.75) is 38.3 Å². The standard InChI is InChI=1S/C12H22N2O5/c1-2-3-5-19-6-4-13-12(18)14-8-9(15)7-10(14)11(16)17/h9-10,15H,2-8H2,1H3,(H,13,18)(H,16,17). The molecule has 2 atom stereocenters. The lowest BCUT2D eigenvalue weighted by atomic mass is 10.2. The normalized spacial score (nSPS) is 22.5. The molecule has 1 heterocycles. The number of aliphatic hydroxyl groups excluding tert-OH is 1. The molecule has 0 spiro atoms. The van der Waals surface area contributed by atoms with Crippen LogP contribution in [0, 0.1) is 0 Å². The van der Waals surface area contributed by atoms with Gasteiger partial charge in [0.25, 0.3) is 0 Å². The van der Waals surface area contributed by atoms with Crippen molar-refractivity contribution in [2.75, 3.05) is 26.3 Å². The van der Waals surface area contributed by atoms with Crippen LogP contribution in [0.1, 0.15) is 26.2 Å². The Balaban J connectivity index is 2.26. The van der Waals surface area contributed by atoms with Crippen molar-refractivity contribution in [3.63, 3.8) is 0 Å². The topological polar surface area (TPSA) is 99.1 Å². The van der Waals surface area contributed by atoms with Crippen LogP contribution in [0.3, 0.4) is 0 Å². The molecule has 0 aromatic carbocycles. The summed E-state index contributed by atoms with van der Waals surface area (Å²) in [5.74, 6) is -1.09. The van der Waals surface area contributed by atoms with Crippen LogP contribution in [0.4, 0.5) is 4.79 Å². The molecule has 0 aromatic heterocycles. The Kier molecular flexibility index (Phi) is 6.58. The van der Waals surface area contributed by atoms with E-state index in [1.165, 1.54) is 0 Å². The Hall–Kier alpha value is -1.34. The number of aliphatic carboxylic acids is 1. The summed E-state index contributed by atoms with van der Waals surface area (Å²) in [6, 6.07) is -1.42. The maximum absolute atomic E-state index is 11.8. The van der Waals surface area contributed by atoms with Crippen molar-refractivity contribution in [3.05, 3.63) is 0 Å². The third-order valence-electron chi connectivity index (χ3n) is 2.99. The molecule has 0 bridgehead atoms. The number of rotatable bonds is 7. The highest BCUT2D eigenvalue weighted by Gasteiger charge is 2.38. The first-order valence-electron chi connectivity index (χ1n) is 6.59. The molecule has 1 saturated heterocycles. The molecule has 2 unspecified atom stereocenters. The highest BCUT2D eigenvalue weighted by Crippen LogP contribution is 2.17. The molecule has 1 aliphatic rings. The summed E-state index contributed by atoms with van der Waals surface area (Å²) >= 11 is 0. The van der Waals surface area contributed by atoms with Crippen LogP contribution in [0.25, 0.3) is 0 Å². The van der Waals surface area contributed by atoms with Gasteiger partial charge in [-0.3, -0.25) is 0 Å². The number of aliphatic hydroxyl groups is 1. The largest absolute Gasteiger partial charge is 0.480 e. The van der Waals surface area contributed by atoms with Crippen molar-refractivity contribution >= 4 is 12.0 Å². The molecule has 3 N–H and O–H groups in total. The Labute approximate surface area is 112 Å². The van der Waals surface area contributed by atoms with Gasteiger partial charge in [0.1, 0.15) is 6.04 Å². The van der Waals surface area contributed by atoms with Crippen molar-refractivity contribution in [2.24, 2.45) is 0 Å². The lowest BCUT2D eigenvalue weighted by Gasteiger charge is -2.21. The van der Waals surface area contributed by atoms with Crippen LogP contribution in [0.15, 0.2) is 0 Å². The lowest BCUT2D eigenvalue weighted by Crippen LogP contribution is -2.46. The first kappa shape index (κ1) is 15.7. The van der Waals surface area contributed by atoms with Gasteiger partial charge in [0, 0.05) is 26.1 Å². The van der Waals surface area contributed by atoms with Gasteiger partial charge in [-0.1, -0.05) is 13.3 Å². The second-order valence-corrected chi connectivity index (χ2v) is 4.59. The predicted molar refractivity (Wildman–Crippen MR) is 67.9 cm³/mol.